The van der Waals surface area contributed by atoms with Crippen LogP contribution < -0.4 is 5.73 Å². The van der Waals surface area contributed by atoms with Crippen molar-refractivity contribution < 1.29 is 18.3 Å². The zero-order chi connectivity index (χ0) is 18.8. The maximum atomic E-state index is 14.9. The summed E-state index contributed by atoms with van der Waals surface area (Å²) in [4.78, 5) is 3.77. The van der Waals surface area contributed by atoms with Gasteiger partial charge in [-0.3, -0.25) is 4.98 Å². The molecule has 0 bridgehead atoms. The van der Waals surface area contributed by atoms with E-state index in [1.807, 2.05) is 0 Å². The van der Waals surface area contributed by atoms with Crippen molar-refractivity contribution in [1.29, 1.82) is 0 Å². The van der Waals surface area contributed by atoms with Gasteiger partial charge in [0.15, 0.2) is 11.6 Å². The Morgan fingerprint density at radius 3 is 2.58 bits per heavy atom. The number of aliphatic hydroxyl groups excluding tert-OH is 1. The molecule has 1 aliphatic rings. The van der Waals surface area contributed by atoms with E-state index in [4.69, 9.17) is 5.73 Å². The van der Waals surface area contributed by atoms with Gasteiger partial charge in [0.05, 0.1) is 17.5 Å². The Balaban J connectivity index is 2.27. The molecule has 1 aromatic heterocycles. The summed E-state index contributed by atoms with van der Waals surface area (Å²) in [5, 5.41) is 10.3. The molecule has 0 saturated heterocycles. The first-order valence-corrected chi connectivity index (χ1v) is 8.43. The first-order chi connectivity index (χ1) is 12.4. The smallest absolute Gasteiger partial charge is 0.155 e. The molecule has 1 aliphatic carbocycles. The molecule has 1 saturated carbocycles. The number of hydrogen-bond donors (Lipinski definition) is 2. The molecular weight excluding hydrogens is 341 g/mol. The van der Waals surface area contributed by atoms with Gasteiger partial charge >= 0.3 is 0 Å². The van der Waals surface area contributed by atoms with Crippen molar-refractivity contribution in [3.05, 3.63) is 76.1 Å². The van der Waals surface area contributed by atoms with Crippen LogP contribution in [0.3, 0.4) is 0 Å². The maximum absolute atomic E-state index is 14.9. The molecule has 2 aromatic rings. The Hall–Kier alpha value is -2.76. The summed E-state index contributed by atoms with van der Waals surface area (Å²) in [5.74, 6) is -2.28. The van der Waals surface area contributed by atoms with Crippen LogP contribution >= 0.6 is 0 Å². The third-order valence-corrected chi connectivity index (χ3v) is 4.55. The molecule has 26 heavy (non-hydrogen) atoms. The first kappa shape index (κ1) is 18.0. The molecule has 3 nitrogen and oxygen atoms in total. The zero-order valence-corrected chi connectivity index (χ0v) is 14.3. The maximum Gasteiger partial charge on any atom is 0.155 e. The topological polar surface area (TPSA) is 59.1 Å². The van der Waals surface area contributed by atoms with Gasteiger partial charge in [0.25, 0.3) is 0 Å². The Kier molecular flexibility index (Phi) is 5.02. The summed E-state index contributed by atoms with van der Waals surface area (Å²) in [6.45, 7) is 1.70. The van der Waals surface area contributed by atoms with Gasteiger partial charge in [0.2, 0.25) is 0 Å². The molecule has 3 N–H and O–H groups in total. The van der Waals surface area contributed by atoms with Crippen molar-refractivity contribution in [1.82, 2.24) is 4.98 Å². The lowest BCUT2D eigenvalue weighted by Crippen LogP contribution is -2.07. The monoisotopic (exact) mass is 360 g/mol. The van der Waals surface area contributed by atoms with Gasteiger partial charge in [-0.05, 0) is 55.5 Å². The second kappa shape index (κ2) is 7.23. The van der Waals surface area contributed by atoms with Crippen LogP contribution in [-0.4, -0.2) is 10.1 Å². The van der Waals surface area contributed by atoms with Gasteiger partial charge in [-0.15, -0.1) is 0 Å². The van der Waals surface area contributed by atoms with Crippen molar-refractivity contribution in [3.63, 3.8) is 0 Å². The molecule has 0 aliphatic heterocycles. The summed E-state index contributed by atoms with van der Waals surface area (Å²) in [7, 11) is 0. The van der Waals surface area contributed by atoms with E-state index >= 15 is 0 Å². The third-order valence-electron chi connectivity index (χ3n) is 4.55. The van der Waals surface area contributed by atoms with Crippen LogP contribution in [0.25, 0.3) is 5.57 Å². The predicted octanol–water partition coefficient (Wildman–Crippen LogP) is 5.07. The van der Waals surface area contributed by atoms with E-state index in [0.717, 1.165) is 43.2 Å². The molecule has 0 spiro atoms. The number of nitrogen functional groups attached to an aromatic ring is 1. The molecule has 3 rings (SSSR count). The molecule has 0 radical (unpaired) electrons. The highest BCUT2D eigenvalue weighted by molar-refractivity contribution is 5.87. The minimum absolute atomic E-state index is 0.0244. The number of benzene rings is 1. The van der Waals surface area contributed by atoms with E-state index in [0.29, 0.717) is 0 Å². The Morgan fingerprint density at radius 2 is 2.00 bits per heavy atom. The third kappa shape index (κ3) is 3.31. The molecule has 1 aromatic carbocycles. The van der Waals surface area contributed by atoms with Gasteiger partial charge < -0.3 is 10.8 Å². The van der Waals surface area contributed by atoms with E-state index < -0.39 is 17.5 Å². The number of hydrogen-bond acceptors (Lipinski definition) is 3. The number of rotatable bonds is 4. The van der Waals surface area contributed by atoms with Crippen LogP contribution in [-0.2, 0) is 6.42 Å². The van der Waals surface area contributed by atoms with Gasteiger partial charge in [0.1, 0.15) is 11.6 Å². The van der Waals surface area contributed by atoms with Crippen molar-refractivity contribution >= 4 is 11.3 Å². The number of nitrogens with zero attached hydrogens (tertiary/aromatic N) is 1. The summed E-state index contributed by atoms with van der Waals surface area (Å²) in [5.41, 5.74) is 6.80. The van der Waals surface area contributed by atoms with E-state index in [9.17, 15) is 18.3 Å². The number of halogens is 3. The molecule has 1 heterocycles. The van der Waals surface area contributed by atoms with Crippen LogP contribution in [0.4, 0.5) is 18.9 Å². The van der Waals surface area contributed by atoms with Crippen LogP contribution in [0.15, 0.2) is 41.8 Å². The molecule has 6 heteroatoms. The quantitative estimate of drug-likeness (QED) is 0.591. The normalized spacial score (nSPS) is 14.3. The van der Waals surface area contributed by atoms with Crippen molar-refractivity contribution in [3.8, 4) is 0 Å². The summed E-state index contributed by atoms with van der Waals surface area (Å²) in [6.07, 6.45) is 4.95. The number of allylic oxidation sites excluding steroid dienone is 2. The highest BCUT2D eigenvalue weighted by Gasteiger charge is 2.22. The number of aromatic nitrogens is 1. The van der Waals surface area contributed by atoms with Crippen LogP contribution in [0.1, 0.15) is 43.0 Å². The van der Waals surface area contributed by atoms with Crippen LogP contribution in [0, 0.1) is 17.5 Å². The molecule has 1 fully saturated rings. The minimum atomic E-state index is -0.874. The zero-order valence-electron chi connectivity index (χ0n) is 14.3. The number of anilines is 1. The number of nitrogens with two attached hydrogens (primary N) is 1. The SMILES string of the molecule is CCc1ncc(F)c(/C(=C\C(O)=C2CCC2)c2ccc(F)cc2N)c1F. The van der Waals surface area contributed by atoms with E-state index in [-0.39, 0.29) is 40.3 Å². The van der Waals surface area contributed by atoms with Crippen LogP contribution in [0.2, 0.25) is 0 Å². The number of aryl methyl sites for hydroxylation is 1. The Morgan fingerprint density at radius 1 is 1.27 bits per heavy atom. The molecule has 136 valence electrons. The number of pyridine rings is 1. The average Bonchev–Trinajstić information content (AvgIpc) is 2.52. The molecular formula is C20H19F3N2O. The fourth-order valence-electron chi connectivity index (χ4n) is 2.91. The lowest BCUT2D eigenvalue weighted by molar-refractivity contribution is 0.407. The minimum Gasteiger partial charge on any atom is -0.508 e. The second-order valence-corrected chi connectivity index (χ2v) is 6.23. The molecule has 0 unspecified atom stereocenters. The summed E-state index contributed by atoms with van der Waals surface area (Å²) in [6, 6.07) is 3.58. The fourth-order valence-corrected chi connectivity index (χ4v) is 2.91. The highest BCUT2D eigenvalue weighted by Crippen LogP contribution is 2.35. The molecule has 0 amide bonds. The lowest BCUT2D eigenvalue weighted by Gasteiger charge is -2.19. The molecule has 0 atom stereocenters. The predicted molar refractivity (Wildman–Crippen MR) is 94.9 cm³/mol. The number of aliphatic hydroxyl groups is 1. The Bertz CT molecular complexity index is 914. The van der Waals surface area contributed by atoms with Gasteiger partial charge in [-0.2, -0.15) is 0 Å². The summed E-state index contributed by atoms with van der Waals surface area (Å²) < 4.78 is 42.8. The standard InChI is InChI=1S/C20H19F3N2O/c1-2-17-20(23)19(15(22)10-25-17)14(9-18(26)11-4-3-5-11)13-7-6-12(21)8-16(13)24/h6-10,26H,2-5,24H2,1H3/b14-9-. The van der Waals surface area contributed by atoms with E-state index in [2.05, 4.69) is 4.98 Å². The fraction of sp³-hybridized carbons (Fsp3) is 0.250. The van der Waals surface area contributed by atoms with Crippen molar-refractivity contribution in [2.75, 3.05) is 5.73 Å². The van der Waals surface area contributed by atoms with Gasteiger partial charge in [0, 0.05) is 16.8 Å². The lowest BCUT2D eigenvalue weighted by atomic mass is 9.89. The highest BCUT2D eigenvalue weighted by atomic mass is 19.1. The van der Waals surface area contributed by atoms with Crippen molar-refractivity contribution in [2.45, 2.75) is 32.6 Å². The largest absolute Gasteiger partial charge is 0.508 e. The summed E-state index contributed by atoms with van der Waals surface area (Å²) >= 11 is 0. The van der Waals surface area contributed by atoms with E-state index in [1.54, 1.807) is 6.92 Å². The average molecular weight is 360 g/mol. The Labute approximate surface area is 149 Å². The van der Waals surface area contributed by atoms with Crippen LogP contribution in [0.5, 0.6) is 0 Å². The van der Waals surface area contributed by atoms with E-state index in [1.165, 1.54) is 12.1 Å². The van der Waals surface area contributed by atoms with Crippen molar-refractivity contribution in [2.24, 2.45) is 0 Å². The van der Waals surface area contributed by atoms with Gasteiger partial charge in [-0.25, -0.2) is 13.2 Å². The second-order valence-electron chi connectivity index (χ2n) is 6.23. The first-order valence-electron chi connectivity index (χ1n) is 8.43. The van der Waals surface area contributed by atoms with Gasteiger partial charge in [-0.1, -0.05) is 6.92 Å².